The number of ether oxygens (including phenoxy) is 1. The van der Waals surface area contributed by atoms with E-state index in [1.165, 1.54) is 0 Å². The minimum absolute atomic E-state index is 0. The van der Waals surface area contributed by atoms with Gasteiger partial charge in [-0.1, -0.05) is 11.6 Å². The highest BCUT2D eigenvalue weighted by atomic mass is 35.5. The molecule has 0 aliphatic heterocycles. The molecule has 0 aliphatic rings. The van der Waals surface area contributed by atoms with E-state index in [-0.39, 0.29) is 34.6 Å². The van der Waals surface area contributed by atoms with Gasteiger partial charge in [0, 0.05) is 12.1 Å². The maximum absolute atomic E-state index is 12.1. The van der Waals surface area contributed by atoms with Crippen molar-refractivity contribution in [3.05, 3.63) is 23.2 Å². The fourth-order valence-corrected chi connectivity index (χ4v) is 2.74. The van der Waals surface area contributed by atoms with Crippen molar-refractivity contribution >= 4 is 34.0 Å². The Labute approximate surface area is 133 Å². The lowest BCUT2D eigenvalue weighted by molar-refractivity contribution is -0.0498. The molecule has 0 radical (unpaired) electrons. The lowest BCUT2D eigenvalue weighted by Crippen LogP contribution is -2.45. The van der Waals surface area contributed by atoms with Gasteiger partial charge in [-0.2, -0.15) is 8.78 Å². The summed E-state index contributed by atoms with van der Waals surface area (Å²) in [6.07, 6.45) is 0. The first-order valence-electron chi connectivity index (χ1n) is 5.54. The lowest BCUT2D eigenvalue weighted by atomic mass is 10.1. The summed E-state index contributed by atoms with van der Waals surface area (Å²) < 4.78 is 54.5. The minimum atomic E-state index is -3.82. The van der Waals surface area contributed by atoms with Gasteiger partial charge in [0.1, 0.15) is 5.75 Å². The SMILES string of the molecule is CC(C)(N)CNS(=O)(=O)c1ccc(OC(F)F)c(Cl)c1.Cl. The number of hydrogen-bond acceptors (Lipinski definition) is 4. The Morgan fingerprint density at radius 1 is 1.43 bits per heavy atom. The third-order valence-electron chi connectivity index (χ3n) is 2.15. The number of benzene rings is 1. The molecule has 5 nitrogen and oxygen atoms in total. The van der Waals surface area contributed by atoms with Crippen LogP contribution in [0.15, 0.2) is 23.1 Å². The van der Waals surface area contributed by atoms with Crippen molar-refractivity contribution in [2.75, 3.05) is 6.54 Å². The Kier molecular flexibility index (Phi) is 7.31. The number of alkyl halides is 2. The summed E-state index contributed by atoms with van der Waals surface area (Å²) in [5, 5.41) is -0.222. The van der Waals surface area contributed by atoms with Gasteiger partial charge in [-0.3, -0.25) is 0 Å². The summed E-state index contributed by atoms with van der Waals surface area (Å²) in [5.74, 6) is -0.292. The maximum atomic E-state index is 12.1. The van der Waals surface area contributed by atoms with E-state index in [1.807, 2.05) is 0 Å². The molecule has 1 rings (SSSR count). The van der Waals surface area contributed by atoms with Gasteiger partial charge in [0.2, 0.25) is 10.0 Å². The fraction of sp³-hybridized carbons (Fsp3) is 0.455. The Morgan fingerprint density at radius 2 is 2.00 bits per heavy atom. The highest BCUT2D eigenvalue weighted by molar-refractivity contribution is 7.89. The molecule has 0 saturated carbocycles. The van der Waals surface area contributed by atoms with Crippen molar-refractivity contribution in [3.8, 4) is 5.75 Å². The van der Waals surface area contributed by atoms with Crippen LogP contribution in [-0.2, 0) is 10.0 Å². The van der Waals surface area contributed by atoms with E-state index in [9.17, 15) is 17.2 Å². The molecule has 122 valence electrons. The number of nitrogens with one attached hydrogen (secondary N) is 1. The van der Waals surface area contributed by atoms with Gasteiger partial charge in [-0.15, -0.1) is 12.4 Å². The first kappa shape index (κ1) is 20.3. The van der Waals surface area contributed by atoms with E-state index in [0.717, 1.165) is 18.2 Å². The van der Waals surface area contributed by atoms with Gasteiger partial charge in [-0.05, 0) is 32.0 Å². The molecule has 0 spiro atoms. The maximum Gasteiger partial charge on any atom is 0.387 e. The third-order valence-corrected chi connectivity index (χ3v) is 3.84. The highest BCUT2D eigenvalue weighted by Gasteiger charge is 2.20. The second-order valence-corrected chi connectivity index (χ2v) is 6.96. The normalized spacial score (nSPS) is 12.1. The van der Waals surface area contributed by atoms with Crippen molar-refractivity contribution < 1.29 is 21.9 Å². The van der Waals surface area contributed by atoms with E-state index in [4.69, 9.17) is 17.3 Å². The summed E-state index contributed by atoms with van der Waals surface area (Å²) in [4.78, 5) is -0.159. The zero-order valence-corrected chi connectivity index (χ0v) is 13.7. The molecule has 10 heteroatoms. The van der Waals surface area contributed by atoms with E-state index in [1.54, 1.807) is 13.8 Å². The average molecular weight is 365 g/mol. The summed E-state index contributed by atoms with van der Waals surface area (Å²) in [6, 6.07) is 3.22. The van der Waals surface area contributed by atoms with E-state index in [2.05, 4.69) is 9.46 Å². The molecular weight excluding hydrogens is 349 g/mol. The smallest absolute Gasteiger partial charge is 0.387 e. The summed E-state index contributed by atoms with van der Waals surface area (Å²) in [7, 11) is -3.82. The van der Waals surface area contributed by atoms with Crippen molar-refractivity contribution in [2.45, 2.75) is 30.9 Å². The molecule has 0 unspecified atom stereocenters. The van der Waals surface area contributed by atoms with E-state index in [0.29, 0.717) is 0 Å². The van der Waals surface area contributed by atoms with Gasteiger partial charge in [0.25, 0.3) is 0 Å². The molecule has 0 saturated heterocycles. The van der Waals surface area contributed by atoms with Crippen molar-refractivity contribution in [3.63, 3.8) is 0 Å². The molecule has 0 heterocycles. The zero-order chi connectivity index (χ0) is 15.6. The highest BCUT2D eigenvalue weighted by Crippen LogP contribution is 2.28. The van der Waals surface area contributed by atoms with Gasteiger partial charge in [0.15, 0.2) is 0 Å². The molecule has 1 aromatic carbocycles. The second kappa shape index (κ2) is 7.55. The summed E-state index contributed by atoms with van der Waals surface area (Å²) >= 11 is 5.69. The second-order valence-electron chi connectivity index (χ2n) is 4.78. The Morgan fingerprint density at radius 3 is 2.43 bits per heavy atom. The first-order chi connectivity index (χ1) is 9.01. The number of halogens is 4. The van der Waals surface area contributed by atoms with Crippen molar-refractivity contribution in [2.24, 2.45) is 5.73 Å². The molecule has 3 N–H and O–H groups in total. The third kappa shape index (κ3) is 6.75. The van der Waals surface area contributed by atoms with Gasteiger partial charge in [0.05, 0.1) is 9.92 Å². The minimum Gasteiger partial charge on any atom is -0.433 e. The molecule has 0 aromatic heterocycles. The van der Waals surface area contributed by atoms with Crippen LogP contribution in [-0.4, -0.2) is 27.1 Å². The predicted octanol–water partition coefficient (Wildman–Crippen LogP) is 2.38. The van der Waals surface area contributed by atoms with Gasteiger partial charge in [-0.25, -0.2) is 13.1 Å². The van der Waals surface area contributed by atoms with Crippen molar-refractivity contribution in [1.82, 2.24) is 4.72 Å². The molecule has 0 atom stereocenters. The largest absolute Gasteiger partial charge is 0.433 e. The first-order valence-corrected chi connectivity index (χ1v) is 7.40. The molecule has 0 aliphatic carbocycles. The number of nitrogens with two attached hydrogens (primary N) is 1. The van der Waals surface area contributed by atoms with Crippen LogP contribution < -0.4 is 15.2 Å². The number of hydrogen-bond donors (Lipinski definition) is 2. The Hall–Kier alpha value is -0.670. The van der Waals surface area contributed by atoms with Crippen LogP contribution in [0.2, 0.25) is 5.02 Å². The standard InChI is InChI=1S/C11H15ClF2N2O3S.ClH/c1-11(2,15)6-16-20(17,18)7-3-4-9(8(12)5-7)19-10(13)14;/h3-5,10,16H,6,15H2,1-2H3;1H. The van der Waals surface area contributed by atoms with Crippen LogP contribution in [0.25, 0.3) is 0 Å². The number of sulfonamides is 1. The van der Waals surface area contributed by atoms with Crippen LogP contribution in [0.1, 0.15) is 13.8 Å². The Bertz CT molecular complexity index is 577. The fourth-order valence-electron chi connectivity index (χ4n) is 1.20. The van der Waals surface area contributed by atoms with Crippen LogP contribution in [0, 0.1) is 0 Å². The monoisotopic (exact) mass is 364 g/mol. The van der Waals surface area contributed by atoms with Crippen LogP contribution >= 0.6 is 24.0 Å². The molecular formula is C11H16Cl2F2N2O3S. The van der Waals surface area contributed by atoms with Gasteiger partial charge >= 0.3 is 6.61 Å². The molecule has 0 bridgehead atoms. The average Bonchev–Trinajstić information content (AvgIpc) is 2.28. The van der Waals surface area contributed by atoms with E-state index < -0.39 is 22.2 Å². The van der Waals surface area contributed by atoms with Crippen LogP contribution in [0.4, 0.5) is 8.78 Å². The molecule has 0 amide bonds. The summed E-state index contributed by atoms with van der Waals surface area (Å²) in [5.41, 5.74) is 4.95. The van der Waals surface area contributed by atoms with Crippen LogP contribution in [0.5, 0.6) is 5.75 Å². The molecule has 1 aromatic rings. The van der Waals surface area contributed by atoms with Gasteiger partial charge < -0.3 is 10.5 Å². The molecule has 21 heavy (non-hydrogen) atoms. The topological polar surface area (TPSA) is 81.4 Å². The quantitative estimate of drug-likeness (QED) is 0.811. The molecule has 0 fully saturated rings. The Balaban J connectivity index is 0.00000400. The number of rotatable bonds is 6. The predicted molar refractivity (Wildman–Crippen MR) is 78.8 cm³/mol. The van der Waals surface area contributed by atoms with Crippen molar-refractivity contribution in [1.29, 1.82) is 0 Å². The lowest BCUT2D eigenvalue weighted by Gasteiger charge is -2.19. The zero-order valence-electron chi connectivity index (χ0n) is 11.3. The summed E-state index contributed by atoms with van der Waals surface area (Å²) in [6.45, 7) is 0.290. The van der Waals surface area contributed by atoms with Crippen LogP contribution in [0.3, 0.4) is 0 Å². The van der Waals surface area contributed by atoms with E-state index >= 15 is 0 Å².